The van der Waals surface area contributed by atoms with Crippen molar-refractivity contribution in [1.82, 2.24) is 0 Å². The number of aliphatic hydroxyl groups is 1. The van der Waals surface area contributed by atoms with E-state index in [9.17, 15) is 10.2 Å². The highest BCUT2D eigenvalue weighted by Crippen LogP contribution is 2.37. The molecule has 1 fully saturated rings. The van der Waals surface area contributed by atoms with Crippen LogP contribution < -0.4 is 5.73 Å². The van der Waals surface area contributed by atoms with Gasteiger partial charge in [0.15, 0.2) is 0 Å². The normalized spacial score (nSPS) is 20.0. The second kappa shape index (κ2) is 5.90. The predicted octanol–water partition coefficient (Wildman–Crippen LogP) is 3.47. The first-order valence-electron chi connectivity index (χ1n) is 6.12. The van der Waals surface area contributed by atoms with E-state index in [-0.39, 0.29) is 5.75 Å². The van der Waals surface area contributed by atoms with Crippen LogP contribution in [0, 0.1) is 5.92 Å². The molecule has 100 valence electrons. The van der Waals surface area contributed by atoms with E-state index in [4.69, 9.17) is 5.73 Å². The molecule has 4 N–H and O–H groups in total. The quantitative estimate of drug-likeness (QED) is 0.754. The molecule has 0 amide bonds. The van der Waals surface area contributed by atoms with Gasteiger partial charge in [-0.25, -0.2) is 0 Å². The van der Waals surface area contributed by atoms with Gasteiger partial charge < -0.3 is 15.9 Å². The van der Waals surface area contributed by atoms with E-state index in [1.165, 1.54) is 12.8 Å². The molecule has 0 radical (unpaired) electrons. The van der Waals surface area contributed by atoms with Crippen molar-refractivity contribution in [3.8, 4) is 5.75 Å². The van der Waals surface area contributed by atoms with E-state index in [2.05, 4.69) is 31.9 Å². The molecule has 3 nitrogen and oxygen atoms in total. The van der Waals surface area contributed by atoms with Crippen molar-refractivity contribution in [3.63, 3.8) is 0 Å². The fourth-order valence-corrected chi connectivity index (χ4v) is 3.79. The zero-order valence-corrected chi connectivity index (χ0v) is 13.1. The van der Waals surface area contributed by atoms with Gasteiger partial charge in [-0.05, 0) is 68.3 Å². The van der Waals surface area contributed by atoms with E-state index >= 15 is 0 Å². The molecule has 5 heteroatoms. The Morgan fingerprint density at radius 2 is 1.67 bits per heavy atom. The summed E-state index contributed by atoms with van der Waals surface area (Å²) in [5.74, 6) is 0.452. The van der Waals surface area contributed by atoms with Gasteiger partial charge in [-0.3, -0.25) is 0 Å². The number of phenolic OH excluding ortho intramolecular Hbond substituents is 1. The minimum absolute atomic E-state index is 0.154. The molecule has 0 aliphatic heterocycles. The van der Waals surface area contributed by atoms with Crippen LogP contribution in [0.5, 0.6) is 5.75 Å². The lowest BCUT2D eigenvalue weighted by Gasteiger charge is -2.25. The number of benzene rings is 1. The number of phenols is 1. The molecule has 1 saturated carbocycles. The summed E-state index contributed by atoms with van der Waals surface area (Å²) in [7, 11) is 0. The highest BCUT2D eigenvalue weighted by molar-refractivity contribution is 9.11. The smallest absolute Gasteiger partial charge is 0.143 e. The van der Waals surface area contributed by atoms with Crippen molar-refractivity contribution < 1.29 is 10.2 Å². The minimum Gasteiger partial charge on any atom is -0.506 e. The first kappa shape index (κ1) is 14.3. The molecule has 0 unspecified atom stereocenters. The van der Waals surface area contributed by atoms with Crippen LogP contribution in [-0.2, 0) is 0 Å². The molecule has 0 spiro atoms. The number of nitrogens with two attached hydrogens (primary N) is 1. The van der Waals surface area contributed by atoms with Crippen molar-refractivity contribution in [2.24, 2.45) is 11.7 Å². The standard InChI is InChI=1S/C13H17Br2NO2/c14-9-5-8(6-10(15)13(9)18)11(16)12(17)7-3-1-2-4-7/h5-7,11-12,17-18H,1-4,16H2/t11-,12+/m1/s1. The summed E-state index contributed by atoms with van der Waals surface area (Å²) in [6.45, 7) is 0. The highest BCUT2D eigenvalue weighted by atomic mass is 79.9. The van der Waals surface area contributed by atoms with E-state index in [0.717, 1.165) is 18.4 Å². The molecular formula is C13H17Br2NO2. The van der Waals surface area contributed by atoms with Crippen molar-refractivity contribution in [1.29, 1.82) is 0 Å². The van der Waals surface area contributed by atoms with Crippen LogP contribution in [0.3, 0.4) is 0 Å². The van der Waals surface area contributed by atoms with Gasteiger partial charge >= 0.3 is 0 Å². The monoisotopic (exact) mass is 377 g/mol. The Kier molecular flexibility index (Phi) is 4.69. The third-order valence-electron chi connectivity index (χ3n) is 3.67. The summed E-state index contributed by atoms with van der Waals surface area (Å²) in [6, 6.07) is 3.12. The number of rotatable bonds is 3. The average molecular weight is 379 g/mol. The molecule has 1 aromatic carbocycles. The fourth-order valence-electron chi connectivity index (χ4n) is 2.57. The Morgan fingerprint density at radius 3 is 2.17 bits per heavy atom. The van der Waals surface area contributed by atoms with E-state index in [0.29, 0.717) is 14.9 Å². The summed E-state index contributed by atoms with van der Waals surface area (Å²) in [6.07, 6.45) is 3.94. The maximum absolute atomic E-state index is 10.3. The molecule has 0 aromatic heterocycles. The third kappa shape index (κ3) is 2.90. The lowest BCUT2D eigenvalue weighted by molar-refractivity contribution is 0.0844. The third-order valence-corrected chi connectivity index (χ3v) is 4.88. The highest BCUT2D eigenvalue weighted by Gasteiger charge is 2.29. The van der Waals surface area contributed by atoms with Gasteiger partial charge in [0, 0.05) is 0 Å². The van der Waals surface area contributed by atoms with Crippen LogP contribution in [0.25, 0.3) is 0 Å². The van der Waals surface area contributed by atoms with E-state index < -0.39 is 12.1 Å². The molecular weight excluding hydrogens is 362 g/mol. The zero-order valence-electron chi connectivity index (χ0n) is 9.94. The Morgan fingerprint density at radius 1 is 1.17 bits per heavy atom. The largest absolute Gasteiger partial charge is 0.506 e. The molecule has 1 aromatic rings. The van der Waals surface area contributed by atoms with Gasteiger partial charge in [-0.1, -0.05) is 12.8 Å². The summed E-state index contributed by atoms with van der Waals surface area (Å²) < 4.78 is 1.17. The minimum atomic E-state index is -0.518. The lowest BCUT2D eigenvalue weighted by atomic mass is 9.91. The van der Waals surface area contributed by atoms with Gasteiger partial charge in [0.2, 0.25) is 0 Å². The van der Waals surface area contributed by atoms with Gasteiger partial charge in [0.05, 0.1) is 21.1 Å². The summed E-state index contributed by atoms with van der Waals surface area (Å²) in [4.78, 5) is 0. The van der Waals surface area contributed by atoms with E-state index in [1.807, 2.05) is 0 Å². The number of halogens is 2. The number of hydrogen-bond donors (Lipinski definition) is 3. The van der Waals surface area contributed by atoms with Gasteiger partial charge in [0.1, 0.15) is 5.75 Å². The van der Waals surface area contributed by atoms with Crippen molar-refractivity contribution >= 4 is 31.9 Å². The summed E-state index contributed by atoms with van der Waals surface area (Å²) >= 11 is 6.56. The van der Waals surface area contributed by atoms with Crippen LogP contribution in [0.4, 0.5) is 0 Å². The zero-order chi connectivity index (χ0) is 13.3. The van der Waals surface area contributed by atoms with Crippen LogP contribution in [0.1, 0.15) is 37.3 Å². The molecule has 0 saturated heterocycles. The number of aromatic hydroxyl groups is 1. The molecule has 18 heavy (non-hydrogen) atoms. The molecule has 0 heterocycles. The van der Waals surface area contributed by atoms with Gasteiger partial charge in [-0.15, -0.1) is 0 Å². The van der Waals surface area contributed by atoms with Gasteiger partial charge in [-0.2, -0.15) is 0 Å². The Balaban J connectivity index is 2.19. The summed E-state index contributed by atoms with van der Waals surface area (Å²) in [5.41, 5.74) is 6.96. The first-order chi connectivity index (χ1) is 8.50. The van der Waals surface area contributed by atoms with E-state index in [1.54, 1.807) is 12.1 Å². The maximum Gasteiger partial charge on any atom is 0.143 e. The molecule has 0 bridgehead atoms. The van der Waals surface area contributed by atoms with Crippen LogP contribution in [-0.4, -0.2) is 16.3 Å². The van der Waals surface area contributed by atoms with Crippen LogP contribution in [0.15, 0.2) is 21.1 Å². The lowest BCUT2D eigenvalue weighted by Crippen LogP contribution is -2.31. The van der Waals surface area contributed by atoms with Crippen LogP contribution in [0.2, 0.25) is 0 Å². The second-order valence-electron chi connectivity index (χ2n) is 4.89. The Labute approximate surface area is 124 Å². The molecule has 2 atom stereocenters. The topological polar surface area (TPSA) is 66.5 Å². The summed E-state index contributed by atoms with van der Waals surface area (Å²) in [5, 5.41) is 20.0. The van der Waals surface area contributed by atoms with Crippen molar-refractivity contribution in [3.05, 3.63) is 26.6 Å². The fraction of sp³-hybridized carbons (Fsp3) is 0.538. The SMILES string of the molecule is N[C@H](c1cc(Br)c(O)c(Br)c1)[C@@H](O)C1CCCC1. The Bertz CT molecular complexity index is 410. The average Bonchev–Trinajstić information content (AvgIpc) is 2.87. The number of aliphatic hydroxyl groups excluding tert-OH is 1. The first-order valence-corrected chi connectivity index (χ1v) is 7.71. The second-order valence-corrected chi connectivity index (χ2v) is 6.60. The van der Waals surface area contributed by atoms with Crippen molar-refractivity contribution in [2.75, 3.05) is 0 Å². The van der Waals surface area contributed by atoms with Crippen LogP contribution >= 0.6 is 31.9 Å². The van der Waals surface area contributed by atoms with Crippen molar-refractivity contribution in [2.45, 2.75) is 37.8 Å². The predicted molar refractivity (Wildman–Crippen MR) is 78.4 cm³/mol. The molecule has 1 aliphatic rings. The van der Waals surface area contributed by atoms with Gasteiger partial charge in [0.25, 0.3) is 0 Å². The number of hydrogen-bond acceptors (Lipinski definition) is 3. The molecule has 1 aliphatic carbocycles. The Hall–Kier alpha value is -0.100. The molecule has 2 rings (SSSR count). The maximum atomic E-state index is 10.3.